The van der Waals surface area contributed by atoms with Crippen LogP contribution in [0.5, 0.6) is 0 Å². The van der Waals surface area contributed by atoms with Gasteiger partial charge in [-0.25, -0.2) is 0 Å². The number of para-hydroxylation sites is 1. The van der Waals surface area contributed by atoms with Crippen molar-refractivity contribution in [2.24, 2.45) is 0 Å². The van der Waals surface area contributed by atoms with Crippen LogP contribution in [0.3, 0.4) is 0 Å². The van der Waals surface area contributed by atoms with Gasteiger partial charge < -0.3 is 14.6 Å². The van der Waals surface area contributed by atoms with Crippen molar-refractivity contribution in [2.45, 2.75) is 19.4 Å². The van der Waals surface area contributed by atoms with E-state index in [1.807, 2.05) is 18.2 Å². The van der Waals surface area contributed by atoms with E-state index in [1.165, 1.54) is 5.69 Å². The molecule has 1 aromatic heterocycles. The maximum Gasteiger partial charge on any atom is 0.169 e. The molecular weight excluding hydrogens is 316 g/mol. The van der Waals surface area contributed by atoms with Crippen LogP contribution in [0.4, 0.5) is 5.69 Å². The molecule has 0 saturated heterocycles. The average molecular weight is 337 g/mol. The summed E-state index contributed by atoms with van der Waals surface area (Å²) >= 11 is 3.33. The minimum Gasteiger partial charge on any atom is -0.453 e. The molecule has 0 amide bonds. The van der Waals surface area contributed by atoms with E-state index < -0.39 is 0 Å². The van der Waals surface area contributed by atoms with E-state index in [0.29, 0.717) is 0 Å². The van der Waals surface area contributed by atoms with E-state index in [2.05, 4.69) is 64.4 Å². The molecule has 1 N–H and O–H groups in total. The number of furan rings is 1. The molecule has 1 aromatic carbocycles. The van der Waals surface area contributed by atoms with Crippen LogP contribution < -0.4 is 10.2 Å². The van der Waals surface area contributed by atoms with Crippen molar-refractivity contribution in [1.29, 1.82) is 0 Å². The first kappa shape index (κ1) is 15.1. The third kappa shape index (κ3) is 4.39. The fourth-order valence-electron chi connectivity index (χ4n) is 2.11. The van der Waals surface area contributed by atoms with E-state index in [1.54, 1.807) is 0 Å². The van der Waals surface area contributed by atoms with Gasteiger partial charge in [0.15, 0.2) is 4.67 Å². The average Bonchev–Trinajstić information content (AvgIpc) is 2.91. The van der Waals surface area contributed by atoms with Crippen molar-refractivity contribution in [3.8, 4) is 0 Å². The number of anilines is 1. The molecule has 0 aliphatic heterocycles. The quantitative estimate of drug-likeness (QED) is 0.767. The molecule has 0 bridgehead atoms. The van der Waals surface area contributed by atoms with Crippen LogP contribution in [0.2, 0.25) is 0 Å². The van der Waals surface area contributed by atoms with Crippen molar-refractivity contribution in [2.75, 3.05) is 25.0 Å². The van der Waals surface area contributed by atoms with Gasteiger partial charge in [0.05, 0.1) is 6.04 Å². The van der Waals surface area contributed by atoms with Crippen molar-refractivity contribution in [1.82, 2.24) is 5.32 Å². The smallest absolute Gasteiger partial charge is 0.169 e. The number of rotatable bonds is 7. The Hall–Kier alpha value is -1.26. The fourth-order valence-corrected chi connectivity index (χ4v) is 2.43. The maximum atomic E-state index is 5.54. The predicted molar refractivity (Wildman–Crippen MR) is 87.2 cm³/mol. The highest BCUT2D eigenvalue weighted by atomic mass is 79.9. The van der Waals surface area contributed by atoms with E-state index in [-0.39, 0.29) is 6.04 Å². The lowest BCUT2D eigenvalue weighted by molar-refractivity contribution is 0.417. The van der Waals surface area contributed by atoms with Gasteiger partial charge in [-0.15, -0.1) is 0 Å². The fraction of sp³-hybridized carbons (Fsp3) is 0.375. The van der Waals surface area contributed by atoms with Gasteiger partial charge in [-0.2, -0.15) is 0 Å². The second kappa shape index (κ2) is 7.50. The predicted octanol–water partition coefficient (Wildman–Crippen LogP) is 4.22. The zero-order chi connectivity index (χ0) is 14.4. The zero-order valence-corrected chi connectivity index (χ0v) is 13.6. The summed E-state index contributed by atoms with van der Waals surface area (Å²) in [5.41, 5.74) is 1.26. The van der Waals surface area contributed by atoms with Crippen LogP contribution in [-0.4, -0.2) is 20.1 Å². The summed E-state index contributed by atoms with van der Waals surface area (Å²) in [5.74, 6) is 0.966. The standard InChI is InChI=1S/C16H21BrN2O/c1-13(15-9-10-16(17)20-15)18-11-6-12-19(2)14-7-4-3-5-8-14/h3-5,7-10,13,18H,6,11-12H2,1-2H3. The molecule has 20 heavy (non-hydrogen) atoms. The van der Waals surface area contributed by atoms with E-state index in [4.69, 9.17) is 4.42 Å². The number of hydrogen-bond donors (Lipinski definition) is 1. The summed E-state index contributed by atoms with van der Waals surface area (Å²) in [7, 11) is 2.13. The van der Waals surface area contributed by atoms with Crippen molar-refractivity contribution in [3.05, 3.63) is 52.9 Å². The second-order valence-corrected chi connectivity index (χ2v) is 5.71. The molecule has 0 radical (unpaired) electrons. The molecule has 3 nitrogen and oxygen atoms in total. The SMILES string of the molecule is CC(NCCCN(C)c1ccccc1)c1ccc(Br)o1. The molecule has 0 aliphatic rings. The summed E-state index contributed by atoms with van der Waals surface area (Å²) in [5, 5.41) is 3.48. The molecule has 0 saturated carbocycles. The number of halogens is 1. The highest BCUT2D eigenvalue weighted by molar-refractivity contribution is 9.10. The first-order chi connectivity index (χ1) is 9.66. The Labute approximate surface area is 129 Å². The van der Waals surface area contributed by atoms with E-state index in [0.717, 1.165) is 29.9 Å². The van der Waals surface area contributed by atoms with Gasteiger partial charge in [0, 0.05) is 19.3 Å². The second-order valence-electron chi connectivity index (χ2n) is 4.93. The lowest BCUT2D eigenvalue weighted by atomic mass is 10.2. The van der Waals surface area contributed by atoms with Gasteiger partial charge in [0.2, 0.25) is 0 Å². The summed E-state index contributed by atoms with van der Waals surface area (Å²) in [6.07, 6.45) is 1.09. The topological polar surface area (TPSA) is 28.4 Å². The van der Waals surface area contributed by atoms with Crippen LogP contribution in [0.15, 0.2) is 51.6 Å². The number of benzene rings is 1. The first-order valence-corrected chi connectivity index (χ1v) is 7.71. The summed E-state index contributed by atoms with van der Waals surface area (Å²) in [6.45, 7) is 4.12. The maximum absolute atomic E-state index is 5.54. The first-order valence-electron chi connectivity index (χ1n) is 6.91. The Bertz CT molecular complexity index is 512. The number of hydrogen-bond acceptors (Lipinski definition) is 3. The Balaban J connectivity index is 1.69. The lowest BCUT2D eigenvalue weighted by Gasteiger charge is -2.19. The minimum atomic E-state index is 0.239. The Morgan fingerprint density at radius 1 is 1.20 bits per heavy atom. The van der Waals surface area contributed by atoms with Crippen LogP contribution in [0, 0.1) is 0 Å². The highest BCUT2D eigenvalue weighted by Gasteiger charge is 2.08. The lowest BCUT2D eigenvalue weighted by Crippen LogP contribution is -2.25. The van der Waals surface area contributed by atoms with Crippen LogP contribution in [-0.2, 0) is 0 Å². The van der Waals surface area contributed by atoms with E-state index in [9.17, 15) is 0 Å². The van der Waals surface area contributed by atoms with Crippen LogP contribution in [0.1, 0.15) is 25.1 Å². The monoisotopic (exact) mass is 336 g/mol. The third-order valence-electron chi connectivity index (χ3n) is 3.34. The summed E-state index contributed by atoms with van der Waals surface area (Å²) in [4.78, 5) is 2.27. The molecule has 4 heteroatoms. The molecule has 1 unspecified atom stereocenters. The minimum absolute atomic E-state index is 0.239. The molecule has 2 aromatic rings. The van der Waals surface area contributed by atoms with Gasteiger partial charge in [-0.3, -0.25) is 0 Å². The Kier molecular flexibility index (Phi) is 5.68. The number of nitrogens with one attached hydrogen (secondary N) is 1. The van der Waals surface area contributed by atoms with Crippen molar-refractivity contribution in [3.63, 3.8) is 0 Å². The van der Waals surface area contributed by atoms with Gasteiger partial charge in [0.25, 0.3) is 0 Å². The normalized spacial score (nSPS) is 12.3. The molecule has 1 heterocycles. The molecule has 108 valence electrons. The van der Waals surface area contributed by atoms with Gasteiger partial charge in [-0.05, 0) is 60.1 Å². The van der Waals surface area contributed by atoms with Crippen molar-refractivity contribution >= 4 is 21.6 Å². The number of nitrogens with zero attached hydrogens (tertiary/aromatic N) is 1. The Morgan fingerprint density at radius 3 is 2.60 bits per heavy atom. The van der Waals surface area contributed by atoms with E-state index >= 15 is 0 Å². The molecule has 0 aliphatic carbocycles. The summed E-state index contributed by atoms with van der Waals surface area (Å²) in [6, 6.07) is 14.6. The van der Waals surface area contributed by atoms with Gasteiger partial charge in [-0.1, -0.05) is 18.2 Å². The molecule has 0 fully saturated rings. The Morgan fingerprint density at radius 2 is 1.95 bits per heavy atom. The third-order valence-corrected chi connectivity index (χ3v) is 3.76. The van der Waals surface area contributed by atoms with Gasteiger partial charge >= 0.3 is 0 Å². The molecular formula is C16H21BrN2O. The summed E-state index contributed by atoms with van der Waals surface area (Å²) < 4.78 is 6.32. The molecule has 1 atom stereocenters. The van der Waals surface area contributed by atoms with Crippen LogP contribution >= 0.6 is 15.9 Å². The molecule has 2 rings (SSSR count). The molecule has 0 spiro atoms. The largest absolute Gasteiger partial charge is 0.453 e. The van der Waals surface area contributed by atoms with Gasteiger partial charge in [0.1, 0.15) is 5.76 Å². The zero-order valence-electron chi connectivity index (χ0n) is 12.0. The highest BCUT2D eigenvalue weighted by Crippen LogP contribution is 2.19. The van der Waals surface area contributed by atoms with Crippen LogP contribution in [0.25, 0.3) is 0 Å². The van der Waals surface area contributed by atoms with Crippen molar-refractivity contribution < 1.29 is 4.42 Å².